The monoisotopic (exact) mass is 639 g/mol. The highest BCUT2D eigenvalue weighted by Gasteiger charge is 2.35. The molecular weight excluding hydrogens is 599 g/mol. The van der Waals surface area contributed by atoms with Gasteiger partial charge in [-0.2, -0.15) is 13.2 Å². The Kier molecular flexibility index (Phi) is 9.62. The highest BCUT2D eigenvalue weighted by Crippen LogP contribution is 2.35. The molecule has 0 unspecified atom stereocenters. The van der Waals surface area contributed by atoms with Gasteiger partial charge in [0.2, 0.25) is 11.9 Å². The summed E-state index contributed by atoms with van der Waals surface area (Å²) in [6, 6.07) is 11.7. The number of hydrogen-bond acceptors (Lipinski definition) is 9. The molecule has 0 atom stereocenters. The highest BCUT2D eigenvalue weighted by molar-refractivity contribution is 5.99. The quantitative estimate of drug-likeness (QED) is 0.302. The number of aliphatic hydroxyl groups is 1. The zero-order valence-corrected chi connectivity index (χ0v) is 25.9. The Morgan fingerprint density at radius 3 is 2.57 bits per heavy atom. The minimum Gasteiger partial charge on any atom is -0.494 e. The van der Waals surface area contributed by atoms with Crippen LogP contribution in [0.2, 0.25) is 0 Å². The third-order valence-corrected chi connectivity index (χ3v) is 9.29. The number of benzene rings is 2. The summed E-state index contributed by atoms with van der Waals surface area (Å²) in [5.74, 6) is 0.460. The second-order valence-electron chi connectivity index (χ2n) is 12.0. The van der Waals surface area contributed by atoms with Crippen LogP contribution < -0.4 is 20.3 Å². The van der Waals surface area contributed by atoms with Gasteiger partial charge in [0.1, 0.15) is 5.75 Å². The van der Waals surface area contributed by atoms with E-state index in [0.717, 1.165) is 81.7 Å². The maximum Gasteiger partial charge on any atom is 0.419 e. The molecule has 1 aromatic heterocycles. The average Bonchev–Trinajstić information content (AvgIpc) is 3.45. The number of aromatic nitrogens is 2. The van der Waals surface area contributed by atoms with E-state index in [4.69, 9.17) is 4.74 Å². The number of likely N-dealkylation sites (tertiary alicyclic amines) is 1. The number of hydrogen-bond donors (Lipinski definition) is 3. The Hall–Kier alpha value is -3.94. The number of alkyl halides is 3. The summed E-state index contributed by atoms with van der Waals surface area (Å²) in [4.78, 5) is 27.4. The van der Waals surface area contributed by atoms with Gasteiger partial charge in [0.15, 0.2) is 0 Å². The van der Waals surface area contributed by atoms with Crippen molar-refractivity contribution in [3.8, 4) is 5.75 Å². The molecule has 3 aliphatic rings. The van der Waals surface area contributed by atoms with E-state index in [2.05, 4.69) is 35.3 Å². The maximum atomic E-state index is 13.9. The lowest BCUT2D eigenvalue weighted by atomic mass is 9.98. The van der Waals surface area contributed by atoms with Crippen molar-refractivity contribution in [1.29, 1.82) is 0 Å². The van der Waals surface area contributed by atoms with Crippen molar-refractivity contribution in [1.82, 2.24) is 19.8 Å². The number of methoxy groups -OCH3 is 1. The molecule has 10 nitrogen and oxygen atoms in total. The predicted octanol–water partition coefficient (Wildman–Crippen LogP) is 4.11. The topological polar surface area (TPSA) is 106 Å². The molecule has 3 aromatic rings. The predicted molar refractivity (Wildman–Crippen MR) is 170 cm³/mol. The van der Waals surface area contributed by atoms with Crippen molar-refractivity contribution in [3.05, 3.63) is 65.0 Å². The summed E-state index contributed by atoms with van der Waals surface area (Å²) < 4.78 is 47.4. The smallest absolute Gasteiger partial charge is 0.419 e. The fourth-order valence-electron chi connectivity index (χ4n) is 6.80. The number of piperazine rings is 1. The van der Waals surface area contributed by atoms with Crippen LogP contribution in [-0.2, 0) is 30.2 Å². The van der Waals surface area contributed by atoms with E-state index >= 15 is 0 Å². The number of ether oxygens (including phenoxy) is 1. The number of carbonyl (C=O) groups excluding carboxylic acids is 1. The van der Waals surface area contributed by atoms with E-state index in [1.807, 2.05) is 24.3 Å². The Labute approximate surface area is 266 Å². The van der Waals surface area contributed by atoms with Gasteiger partial charge in [0, 0.05) is 62.4 Å². The van der Waals surface area contributed by atoms with Crippen LogP contribution in [0.3, 0.4) is 0 Å². The van der Waals surface area contributed by atoms with E-state index in [9.17, 15) is 23.1 Å². The van der Waals surface area contributed by atoms with Crippen LogP contribution in [0, 0.1) is 0 Å². The number of halogens is 3. The van der Waals surface area contributed by atoms with Crippen LogP contribution in [0.5, 0.6) is 5.75 Å². The van der Waals surface area contributed by atoms with Crippen LogP contribution in [0.1, 0.15) is 35.2 Å². The summed E-state index contributed by atoms with van der Waals surface area (Å²) >= 11 is 0. The molecule has 3 aliphatic heterocycles. The van der Waals surface area contributed by atoms with Crippen molar-refractivity contribution < 1.29 is 27.8 Å². The van der Waals surface area contributed by atoms with Crippen LogP contribution >= 0.6 is 0 Å². The molecule has 0 saturated carbocycles. The molecule has 0 radical (unpaired) electrons. The standard InChI is InChI=1S/C33H40F3N7O3/c1-46-30-19-24(43-15-13-42(14-16-43)23-9-11-41(12-10-23)17-18-44)6-8-29(30)40-32-37-21-26(33(34,35)36)28(39-32)7-5-22-3-2-4-27-25(22)20-31(45)38-27/h2-4,6,8,19,21,23,44H,5,7,9-18,20H2,1H3,(H,38,45)(H,37,39,40). The van der Waals surface area contributed by atoms with E-state index < -0.39 is 11.7 Å². The number of nitrogens with one attached hydrogen (secondary N) is 2. The van der Waals surface area contributed by atoms with E-state index in [1.165, 1.54) is 0 Å². The summed E-state index contributed by atoms with van der Waals surface area (Å²) in [5, 5.41) is 15.1. The van der Waals surface area contributed by atoms with Gasteiger partial charge in [-0.3, -0.25) is 9.69 Å². The lowest BCUT2D eigenvalue weighted by Crippen LogP contribution is -2.53. The highest BCUT2D eigenvalue weighted by atomic mass is 19.4. The Balaban J connectivity index is 1.12. The lowest BCUT2D eigenvalue weighted by molar-refractivity contribution is -0.138. The number of piperidine rings is 1. The van der Waals surface area contributed by atoms with Crippen molar-refractivity contribution in [2.75, 3.05) is 75.1 Å². The molecule has 2 aromatic carbocycles. The summed E-state index contributed by atoms with van der Waals surface area (Å²) in [6.45, 7) is 6.70. The van der Waals surface area contributed by atoms with Gasteiger partial charge in [-0.15, -0.1) is 0 Å². The van der Waals surface area contributed by atoms with Crippen molar-refractivity contribution >= 4 is 28.9 Å². The van der Waals surface area contributed by atoms with E-state index in [1.54, 1.807) is 19.2 Å². The summed E-state index contributed by atoms with van der Waals surface area (Å²) in [7, 11) is 1.56. The van der Waals surface area contributed by atoms with Gasteiger partial charge in [0.25, 0.3) is 0 Å². The molecule has 2 saturated heterocycles. The Bertz CT molecular complexity index is 1540. The molecule has 46 heavy (non-hydrogen) atoms. The minimum absolute atomic E-state index is 0.0283. The number of aryl methyl sites for hydroxylation is 2. The minimum atomic E-state index is -4.61. The van der Waals surface area contributed by atoms with Gasteiger partial charge in [-0.25, -0.2) is 9.97 Å². The second-order valence-corrected chi connectivity index (χ2v) is 12.0. The molecule has 2 fully saturated rings. The molecule has 13 heteroatoms. The fourth-order valence-corrected chi connectivity index (χ4v) is 6.80. The summed E-state index contributed by atoms with van der Waals surface area (Å²) in [5.41, 5.74) is 2.91. The molecule has 246 valence electrons. The number of β-amino-alcohol motifs (C(OH)–C–C–N with tert-alkyl or cyclic N) is 1. The van der Waals surface area contributed by atoms with E-state index in [-0.39, 0.29) is 37.0 Å². The number of fused-ring (bicyclic) bond motifs is 1. The van der Waals surface area contributed by atoms with Crippen molar-refractivity contribution in [3.63, 3.8) is 0 Å². The average molecular weight is 640 g/mol. The molecule has 0 bridgehead atoms. The van der Waals surface area contributed by atoms with Crippen LogP contribution in [0.15, 0.2) is 42.6 Å². The molecule has 6 rings (SSSR count). The normalized spacial score (nSPS) is 18.0. The van der Waals surface area contributed by atoms with Gasteiger partial charge in [-0.05, 0) is 68.1 Å². The second kappa shape index (κ2) is 13.8. The van der Waals surface area contributed by atoms with E-state index in [0.29, 0.717) is 29.6 Å². The fraction of sp³-hybridized carbons (Fsp3) is 0.485. The zero-order chi connectivity index (χ0) is 32.3. The van der Waals surface area contributed by atoms with Crippen molar-refractivity contribution in [2.24, 2.45) is 0 Å². The number of rotatable bonds is 10. The molecule has 1 amide bonds. The Morgan fingerprint density at radius 1 is 1.07 bits per heavy atom. The van der Waals surface area contributed by atoms with Gasteiger partial charge < -0.3 is 30.3 Å². The number of amides is 1. The number of aliphatic hydroxyl groups excluding tert-OH is 1. The molecule has 0 aliphatic carbocycles. The first kappa shape index (κ1) is 32.0. The van der Waals surface area contributed by atoms with Gasteiger partial charge in [-0.1, -0.05) is 12.1 Å². The molecule has 0 spiro atoms. The lowest BCUT2D eigenvalue weighted by Gasteiger charge is -2.43. The number of carbonyl (C=O) groups is 1. The first-order chi connectivity index (χ1) is 22.2. The van der Waals surface area contributed by atoms with Gasteiger partial charge >= 0.3 is 6.18 Å². The first-order valence-corrected chi connectivity index (χ1v) is 15.8. The van der Waals surface area contributed by atoms with Gasteiger partial charge in [0.05, 0.1) is 37.1 Å². The molecule has 3 N–H and O–H groups in total. The van der Waals surface area contributed by atoms with Crippen molar-refractivity contribution in [2.45, 2.75) is 44.3 Å². The number of nitrogens with zero attached hydrogens (tertiary/aromatic N) is 5. The van der Waals surface area contributed by atoms with Crippen LogP contribution in [0.25, 0.3) is 0 Å². The third-order valence-electron chi connectivity index (χ3n) is 9.29. The molecule has 4 heterocycles. The summed E-state index contributed by atoms with van der Waals surface area (Å²) in [6.07, 6.45) is -1.01. The van der Waals surface area contributed by atoms with Crippen LogP contribution in [0.4, 0.5) is 36.2 Å². The Morgan fingerprint density at radius 2 is 1.85 bits per heavy atom. The zero-order valence-electron chi connectivity index (χ0n) is 25.9. The van der Waals surface area contributed by atoms with Crippen LogP contribution in [-0.4, -0.2) is 96.4 Å². The first-order valence-electron chi connectivity index (χ1n) is 15.8. The third kappa shape index (κ3) is 7.21. The SMILES string of the molecule is COc1cc(N2CCN(C3CCN(CCO)CC3)CC2)ccc1Nc1ncc(C(F)(F)F)c(CCc2cccc3c2CC(=O)N3)n1. The maximum absolute atomic E-state index is 13.9. The molecular formula is C33H40F3N7O3. The largest absolute Gasteiger partial charge is 0.494 e. The number of anilines is 4.